The fraction of sp³-hybridized carbons (Fsp3) is 0.562. The van der Waals surface area contributed by atoms with Gasteiger partial charge in [0.05, 0.1) is 0 Å². The van der Waals surface area contributed by atoms with Crippen LogP contribution in [0.3, 0.4) is 0 Å². The second-order valence-corrected chi connectivity index (χ2v) is 6.44. The van der Waals surface area contributed by atoms with Crippen molar-refractivity contribution in [1.82, 2.24) is 5.32 Å². The van der Waals surface area contributed by atoms with Crippen LogP contribution in [0, 0.1) is 11.3 Å². The van der Waals surface area contributed by atoms with Crippen LogP contribution in [0.2, 0.25) is 0 Å². The fourth-order valence-corrected chi connectivity index (χ4v) is 2.68. The lowest BCUT2D eigenvalue weighted by molar-refractivity contribution is 0.0936. The second-order valence-electron chi connectivity index (χ2n) is 6.44. The monoisotopic (exact) mass is 296 g/mol. The van der Waals surface area contributed by atoms with Crippen molar-refractivity contribution in [2.45, 2.75) is 39.5 Å². The molecule has 0 radical (unpaired) electrons. The molecule has 1 aliphatic rings. The van der Waals surface area contributed by atoms with E-state index >= 15 is 0 Å². The van der Waals surface area contributed by atoms with E-state index in [0.717, 1.165) is 6.54 Å². The van der Waals surface area contributed by atoms with Gasteiger partial charge in [-0.2, -0.15) is 0 Å². The molecule has 0 heterocycles. The van der Waals surface area contributed by atoms with Gasteiger partial charge in [0.25, 0.3) is 5.91 Å². The number of hydrogen-bond acceptors (Lipinski definition) is 2. The maximum atomic E-state index is 12.0. The number of halogens is 1. The molecule has 3 nitrogen and oxygen atoms in total. The lowest BCUT2D eigenvalue weighted by Gasteiger charge is -2.34. The number of nitrogens with two attached hydrogens (primary N) is 1. The Balaban J connectivity index is 0.00000200. The Morgan fingerprint density at radius 1 is 1.35 bits per heavy atom. The third-order valence-corrected chi connectivity index (χ3v) is 4.16. The summed E-state index contributed by atoms with van der Waals surface area (Å²) >= 11 is 0. The van der Waals surface area contributed by atoms with Gasteiger partial charge in [-0.15, -0.1) is 12.4 Å². The van der Waals surface area contributed by atoms with Crippen molar-refractivity contribution in [3.8, 4) is 0 Å². The summed E-state index contributed by atoms with van der Waals surface area (Å²) in [5, 5.41) is 3.03. The summed E-state index contributed by atoms with van der Waals surface area (Å²) < 4.78 is 0. The largest absolute Gasteiger partial charge is 0.399 e. The molecule has 0 bridgehead atoms. The molecule has 0 saturated heterocycles. The van der Waals surface area contributed by atoms with Crippen LogP contribution in [0.25, 0.3) is 0 Å². The standard InChI is InChI=1S/C16H24N2O.ClH/c1-16(2)8-6-12(7-9-16)11-18-15(19)13-4-3-5-14(17)10-13;/h3-5,10,12H,6-9,11,17H2,1-2H3,(H,18,19);1H. The van der Waals surface area contributed by atoms with E-state index in [1.165, 1.54) is 25.7 Å². The summed E-state index contributed by atoms with van der Waals surface area (Å²) in [4.78, 5) is 12.0. The van der Waals surface area contributed by atoms with Gasteiger partial charge in [-0.25, -0.2) is 0 Å². The van der Waals surface area contributed by atoms with Gasteiger partial charge in [-0.3, -0.25) is 4.79 Å². The number of anilines is 1. The highest BCUT2D eigenvalue weighted by atomic mass is 35.5. The van der Waals surface area contributed by atoms with Crippen molar-refractivity contribution in [3.63, 3.8) is 0 Å². The second kappa shape index (κ2) is 6.98. The van der Waals surface area contributed by atoms with Crippen molar-refractivity contribution in [3.05, 3.63) is 29.8 Å². The van der Waals surface area contributed by atoms with Gasteiger partial charge >= 0.3 is 0 Å². The molecule has 2 rings (SSSR count). The van der Waals surface area contributed by atoms with Crippen LogP contribution in [0.15, 0.2) is 24.3 Å². The lowest BCUT2D eigenvalue weighted by atomic mass is 9.73. The minimum atomic E-state index is -0.0165. The third-order valence-electron chi connectivity index (χ3n) is 4.16. The summed E-state index contributed by atoms with van der Waals surface area (Å²) in [6.07, 6.45) is 4.94. The SMILES string of the molecule is CC1(C)CCC(CNC(=O)c2cccc(N)c2)CC1.Cl. The maximum Gasteiger partial charge on any atom is 0.251 e. The van der Waals surface area contributed by atoms with Crippen LogP contribution in [0.1, 0.15) is 49.9 Å². The lowest BCUT2D eigenvalue weighted by Crippen LogP contribution is -2.32. The molecule has 0 spiro atoms. The van der Waals surface area contributed by atoms with E-state index < -0.39 is 0 Å². The van der Waals surface area contributed by atoms with Crippen LogP contribution >= 0.6 is 12.4 Å². The summed E-state index contributed by atoms with van der Waals surface area (Å²) in [6, 6.07) is 7.13. The molecule has 0 aromatic heterocycles. The first-order valence-corrected chi connectivity index (χ1v) is 7.10. The van der Waals surface area contributed by atoms with Crippen LogP contribution in [-0.4, -0.2) is 12.5 Å². The minimum Gasteiger partial charge on any atom is -0.399 e. The number of benzene rings is 1. The van der Waals surface area contributed by atoms with Crippen LogP contribution in [0.5, 0.6) is 0 Å². The summed E-state index contributed by atoms with van der Waals surface area (Å²) in [6.45, 7) is 5.44. The van der Waals surface area contributed by atoms with Gasteiger partial charge in [0.15, 0.2) is 0 Å². The molecule has 1 aliphatic carbocycles. The molecule has 1 fully saturated rings. The van der Waals surface area contributed by atoms with E-state index in [0.29, 0.717) is 22.6 Å². The third kappa shape index (κ3) is 4.71. The minimum absolute atomic E-state index is 0. The molecule has 4 heteroatoms. The van der Waals surface area contributed by atoms with E-state index in [4.69, 9.17) is 5.73 Å². The molecule has 20 heavy (non-hydrogen) atoms. The molecule has 1 saturated carbocycles. The Hall–Kier alpha value is -1.22. The first-order valence-electron chi connectivity index (χ1n) is 7.10. The molecule has 1 amide bonds. The molecular weight excluding hydrogens is 272 g/mol. The fourth-order valence-electron chi connectivity index (χ4n) is 2.68. The van der Waals surface area contributed by atoms with E-state index in [-0.39, 0.29) is 18.3 Å². The van der Waals surface area contributed by atoms with E-state index in [1.807, 2.05) is 6.07 Å². The van der Waals surface area contributed by atoms with Gasteiger partial charge in [-0.05, 0) is 55.2 Å². The predicted molar refractivity (Wildman–Crippen MR) is 86.2 cm³/mol. The first kappa shape index (κ1) is 16.8. The highest BCUT2D eigenvalue weighted by Gasteiger charge is 2.26. The zero-order valence-electron chi connectivity index (χ0n) is 12.3. The van der Waals surface area contributed by atoms with Crippen molar-refractivity contribution in [1.29, 1.82) is 0 Å². The topological polar surface area (TPSA) is 55.1 Å². The van der Waals surface area contributed by atoms with E-state index in [1.54, 1.807) is 18.2 Å². The molecule has 1 aromatic rings. The Labute approximate surface area is 127 Å². The smallest absolute Gasteiger partial charge is 0.251 e. The zero-order chi connectivity index (χ0) is 13.9. The Bertz CT molecular complexity index is 450. The summed E-state index contributed by atoms with van der Waals surface area (Å²) in [5.41, 5.74) is 7.45. The van der Waals surface area contributed by atoms with Gasteiger partial charge in [0.2, 0.25) is 0 Å². The van der Waals surface area contributed by atoms with Gasteiger partial charge in [0.1, 0.15) is 0 Å². The van der Waals surface area contributed by atoms with Gasteiger partial charge < -0.3 is 11.1 Å². The van der Waals surface area contributed by atoms with E-state index in [9.17, 15) is 4.79 Å². The zero-order valence-corrected chi connectivity index (χ0v) is 13.1. The summed E-state index contributed by atoms with van der Waals surface area (Å²) in [5.74, 6) is 0.607. The quantitative estimate of drug-likeness (QED) is 0.837. The Morgan fingerprint density at radius 3 is 2.60 bits per heavy atom. The highest BCUT2D eigenvalue weighted by molar-refractivity contribution is 5.94. The average Bonchev–Trinajstić information content (AvgIpc) is 2.37. The number of amides is 1. The number of nitrogen functional groups attached to an aromatic ring is 1. The van der Waals surface area contributed by atoms with Crippen molar-refractivity contribution in [2.24, 2.45) is 11.3 Å². The number of carbonyl (C=O) groups is 1. The predicted octanol–water partition coefficient (Wildman–Crippen LogP) is 3.64. The van der Waals surface area contributed by atoms with Gasteiger partial charge in [-0.1, -0.05) is 19.9 Å². The van der Waals surface area contributed by atoms with Crippen molar-refractivity contribution in [2.75, 3.05) is 12.3 Å². The summed E-state index contributed by atoms with van der Waals surface area (Å²) in [7, 11) is 0. The Morgan fingerprint density at radius 2 is 2.00 bits per heavy atom. The van der Waals surface area contributed by atoms with Gasteiger partial charge in [0, 0.05) is 17.8 Å². The number of nitrogens with one attached hydrogen (secondary N) is 1. The van der Waals surface area contributed by atoms with E-state index in [2.05, 4.69) is 19.2 Å². The number of carbonyl (C=O) groups excluding carboxylic acids is 1. The van der Waals surface area contributed by atoms with Crippen LogP contribution in [0.4, 0.5) is 5.69 Å². The molecule has 112 valence electrons. The number of rotatable bonds is 3. The van der Waals surface area contributed by atoms with Crippen LogP contribution in [-0.2, 0) is 0 Å². The molecule has 3 N–H and O–H groups in total. The molecule has 0 aliphatic heterocycles. The molecule has 0 atom stereocenters. The highest BCUT2D eigenvalue weighted by Crippen LogP contribution is 2.37. The molecular formula is C16H25ClN2O. The molecule has 0 unspecified atom stereocenters. The first-order chi connectivity index (χ1) is 8.96. The van der Waals surface area contributed by atoms with Crippen LogP contribution < -0.4 is 11.1 Å². The van der Waals surface area contributed by atoms with Crippen molar-refractivity contribution < 1.29 is 4.79 Å². The average molecular weight is 297 g/mol. The Kier molecular flexibility index (Phi) is 5.88. The maximum absolute atomic E-state index is 12.0. The van der Waals surface area contributed by atoms with Crippen molar-refractivity contribution >= 4 is 24.0 Å². The molecule has 1 aromatic carbocycles. The number of hydrogen-bond donors (Lipinski definition) is 2. The normalized spacial score (nSPS) is 18.1.